The van der Waals surface area contributed by atoms with Crippen molar-refractivity contribution in [2.24, 2.45) is 11.7 Å². The average molecular weight is 296 g/mol. The summed E-state index contributed by atoms with van der Waals surface area (Å²) in [7, 11) is 0. The first-order valence-corrected chi connectivity index (χ1v) is 6.46. The summed E-state index contributed by atoms with van der Waals surface area (Å²) in [6.45, 7) is 3.92. The van der Waals surface area contributed by atoms with Gasteiger partial charge < -0.3 is 10.6 Å². The number of pyridine rings is 1. The zero-order chi connectivity index (χ0) is 12.0. The van der Waals surface area contributed by atoms with Crippen molar-refractivity contribution in [3.05, 3.63) is 22.8 Å². The van der Waals surface area contributed by atoms with Crippen molar-refractivity contribution in [3.8, 4) is 0 Å². The molecule has 1 aliphatic rings. The van der Waals surface area contributed by atoms with Gasteiger partial charge in [-0.05, 0) is 34.0 Å². The van der Waals surface area contributed by atoms with E-state index in [0.29, 0.717) is 5.92 Å². The van der Waals surface area contributed by atoms with Crippen LogP contribution in [0, 0.1) is 5.92 Å². The van der Waals surface area contributed by atoms with E-state index in [1.54, 1.807) is 4.52 Å². The number of fused-ring (bicyclic) bond motifs is 1. The fourth-order valence-electron chi connectivity index (χ4n) is 2.15. The third-order valence-corrected chi connectivity index (χ3v) is 3.88. The van der Waals surface area contributed by atoms with Crippen molar-refractivity contribution in [1.82, 2.24) is 14.6 Å². The predicted molar refractivity (Wildman–Crippen MR) is 70.0 cm³/mol. The molecule has 90 valence electrons. The molecule has 2 aromatic rings. The zero-order valence-electron chi connectivity index (χ0n) is 9.55. The molecule has 1 aliphatic heterocycles. The molecule has 2 unspecified atom stereocenters. The van der Waals surface area contributed by atoms with Gasteiger partial charge in [-0.1, -0.05) is 6.92 Å². The summed E-state index contributed by atoms with van der Waals surface area (Å²) >= 11 is 3.48. The molecule has 0 saturated carbocycles. The van der Waals surface area contributed by atoms with Crippen LogP contribution in [0.15, 0.2) is 22.8 Å². The maximum Gasteiger partial charge on any atom is 0.245 e. The normalized spacial score (nSPS) is 24.8. The lowest BCUT2D eigenvalue weighted by molar-refractivity contribution is 0.566. The Morgan fingerprint density at radius 2 is 2.29 bits per heavy atom. The highest BCUT2D eigenvalue weighted by Gasteiger charge is 2.29. The predicted octanol–water partition coefficient (Wildman–Crippen LogP) is 1.28. The van der Waals surface area contributed by atoms with E-state index in [2.05, 4.69) is 37.8 Å². The second-order valence-corrected chi connectivity index (χ2v) is 5.44. The number of hydrogen-bond acceptors (Lipinski definition) is 4. The van der Waals surface area contributed by atoms with Crippen LogP contribution in [0.5, 0.6) is 0 Å². The molecule has 0 radical (unpaired) electrons. The van der Waals surface area contributed by atoms with Crippen molar-refractivity contribution >= 4 is 27.5 Å². The van der Waals surface area contributed by atoms with Gasteiger partial charge in [0.1, 0.15) is 0 Å². The second kappa shape index (κ2) is 3.96. The standard InChI is InChI=1S/C11H14BrN5/c1-7-5-16(6-9(7)13)11-14-10-8(12)3-2-4-17(10)15-11/h2-4,7,9H,5-6,13H2,1H3. The summed E-state index contributed by atoms with van der Waals surface area (Å²) in [6.07, 6.45) is 1.90. The van der Waals surface area contributed by atoms with E-state index >= 15 is 0 Å². The molecular weight excluding hydrogens is 282 g/mol. The van der Waals surface area contributed by atoms with Gasteiger partial charge in [0.15, 0.2) is 5.65 Å². The molecular formula is C11H14BrN5. The molecule has 0 bridgehead atoms. The number of anilines is 1. The molecule has 0 aliphatic carbocycles. The maximum atomic E-state index is 6.02. The topological polar surface area (TPSA) is 59.5 Å². The van der Waals surface area contributed by atoms with Crippen LogP contribution in [0.1, 0.15) is 6.92 Å². The highest BCUT2D eigenvalue weighted by molar-refractivity contribution is 9.10. The number of nitrogens with zero attached hydrogens (tertiary/aromatic N) is 4. The van der Waals surface area contributed by atoms with Crippen molar-refractivity contribution < 1.29 is 0 Å². The molecule has 5 nitrogen and oxygen atoms in total. The summed E-state index contributed by atoms with van der Waals surface area (Å²) in [6, 6.07) is 4.12. The van der Waals surface area contributed by atoms with Gasteiger partial charge in [0.2, 0.25) is 5.95 Å². The minimum absolute atomic E-state index is 0.213. The van der Waals surface area contributed by atoms with Gasteiger partial charge in [0.25, 0.3) is 0 Å². The summed E-state index contributed by atoms with van der Waals surface area (Å²) in [5.41, 5.74) is 6.86. The minimum Gasteiger partial charge on any atom is -0.338 e. The third-order valence-electron chi connectivity index (χ3n) is 3.26. The molecule has 1 fully saturated rings. The number of rotatable bonds is 1. The Labute approximate surface area is 108 Å². The fourth-order valence-corrected chi connectivity index (χ4v) is 2.57. The van der Waals surface area contributed by atoms with Crippen molar-refractivity contribution in [2.75, 3.05) is 18.0 Å². The van der Waals surface area contributed by atoms with Crippen LogP contribution in [-0.2, 0) is 0 Å². The Bertz CT molecular complexity index is 542. The lowest BCUT2D eigenvalue weighted by atomic mass is 10.1. The molecule has 2 atom stereocenters. The minimum atomic E-state index is 0.213. The number of halogens is 1. The van der Waals surface area contributed by atoms with E-state index in [1.807, 2.05) is 18.3 Å². The molecule has 6 heteroatoms. The Balaban J connectivity index is 1.99. The Morgan fingerprint density at radius 1 is 1.47 bits per heavy atom. The average Bonchev–Trinajstić information content (AvgIpc) is 2.85. The lowest BCUT2D eigenvalue weighted by Gasteiger charge is -2.11. The molecule has 0 amide bonds. The van der Waals surface area contributed by atoms with Gasteiger partial charge in [-0.15, -0.1) is 5.10 Å². The van der Waals surface area contributed by atoms with Crippen LogP contribution in [0.4, 0.5) is 5.95 Å². The van der Waals surface area contributed by atoms with Crippen LogP contribution < -0.4 is 10.6 Å². The van der Waals surface area contributed by atoms with Crippen LogP contribution >= 0.6 is 15.9 Å². The fraction of sp³-hybridized carbons (Fsp3) is 0.455. The molecule has 17 heavy (non-hydrogen) atoms. The van der Waals surface area contributed by atoms with Crippen molar-refractivity contribution in [2.45, 2.75) is 13.0 Å². The molecule has 2 N–H and O–H groups in total. The van der Waals surface area contributed by atoms with E-state index in [0.717, 1.165) is 29.2 Å². The summed E-state index contributed by atoms with van der Waals surface area (Å²) in [5.74, 6) is 1.25. The van der Waals surface area contributed by atoms with Crippen LogP contribution in [0.25, 0.3) is 5.65 Å². The molecule has 3 heterocycles. The van der Waals surface area contributed by atoms with Crippen molar-refractivity contribution in [3.63, 3.8) is 0 Å². The monoisotopic (exact) mass is 295 g/mol. The molecule has 1 saturated heterocycles. The van der Waals surface area contributed by atoms with E-state index in [9.17, 15) is 0 Å². The Morgan fingerprint density at radius 3 is 2.94 bits per heavy atom. The van der Waals surface area contributed by atoms with Gasteiger partial charge >= 0.3 is 0 Å². The van der Waals surface area contributed by atoms with Crippen molar-refractivity contribution in [1.29, 1.82) is 0 Å². The third kappa shape index (κ3) is 1.81. The first-order chi connectivity index (χ1) is 8.15. The SMILES string of the molecule is CC1CN(c2nc3c(Br)cccn3n2)CC1N. The summed E-state index contributed by atoms with van der Waals surface area (Å²) in [5, 5.41) is 4.47. The number of hydrogen-bond donors (Lipinski definition) is 1. The molecule has 3 rings (SSSR count). The quantitative estimate of drug-likeness (QED) is 0.861. The highest BCUT2D eigenvalue weighted by Crippen LogP contribution is 2.23. The highest BCUT2D eigenvalue weighted by atomic mass is 79.9. The molecule has 2 aromatic heterocycles. The smallest absolute Gasteiger partial charge is 0.245 e. The first kappa shape index (κ1) is 11.0. The second-order valence-electron chi connectivity index (χ2n) is 4.58. The van der Waals surface area contributed by atoms with Crippen LogP contribution in [0.3, 0.4) is 0 Å². The molecule has 0 spiro atoms. The van der Waals surface area contributed by atoms with E-state index in [4.69, 9.17) is 5.73 Å². The van der Waals surface area contributed by atoms with Crippen LogP contribution in [-0.4, -0.2) is 33.7 Å². The number of aromatic nitrogens is 3. The summed E-state index contributed by atoms with van der Waals surface area (Å²) < 4.78 is 2.74. The summed E-state index contributed by atoms with van der Waals surface area (Å²) in [4.78, 5) is 6.69. The van der Waals surface area contributed by atoms with Crippen LogP contribution in [0.2, 0.25) is 0 Å². The largest absolute Gasteiger partial charge is 0.338 e. The first-order valence-electron chi connectivity index (χ1n) is 5.66. The van der Waals surface area contributed by atoms with Gasteiger partial charge in [0, 0.05) is 25.3 Å². The Hall–Kier alpha value is -1.14. The van der Waals surface area contributed by atoms with Gasteiger partial charge in [-0.25, -0.2) is 4.52 Å². The van der Waals surface area contributed by atoms with E-state index in [1.165, 1.54) is 0 Å². The van der Waals surface area contributed by atoms with Gasteiger partial charge in [-0.3, -0.25) is 0 Å². The lowest BCUT2D eigenvalue weighted by Crippen LogP contribution is -2.28. The van der Waals surface area contributed by atoms with Gasteiger partial charge in [-0.2, -0.15) is 4.98 Å². The molecule has 0 aromatic carbocycles. The zero-order valence-corrected chi connectivity index (χ0v) is 11.1. The van der Waals surface area contributed by atoms with Gasteiger partial charge in [0.05, 0.1) is 4.47 Å². The van der Waals surface area contributed by atoms with E-state index in [-0.39, 0.29) is 6.04 Å². The van der Waals surface area contributed by atoms with E-state index < -0.39 is 0 Å². The number of nitrogens with two attached hydrogens (primary N) is 1. The Kier molecular flexibility index (Phi) is 2.56. The maximum absolute atomic E-state index is 6.02.